The van der Waals surface area contributed by atoms with Crippen LogP contribution < -0.4 is 10.6 Å². The Labute approximate surface area is 121 Å². The van der Waals surface area contributed by atoms with E-state index in [1.807, 2.05) is 12.1 Å². The zero-order chi connectivity index (χ0) is 14.5. The van der Waals surface area contributed by atoms with E-state index in [0.717, 1.165) is 56.8 Å². The Morgan fingerprint density at radius 1 is 1.20 bits per heavy atom. The van der Waals surface area contributed by atoms with Crippen molar-refractivity contribution in [2.24, 2.45) is 5.73 Å². The highest BCUT2D eigenvalue weighted by Crippen LogP contribution is 2.22. The fourth-order valence-corrected chi connectivity index (χ4v) is 2.69. The predicted octanol–water partition coefficient (Wildman–Crippen LogP) is 2.25. The maximum absolute atomic E-state index is 14.3. The maximum Gasteiger partial charge on any atom is 0.146 e. The molecule has 2 rings (SSSR count). The molecule has 1 heterocycles. The Hall–Kier alpha value is -1.13. The van der Waals surface area contributed by atoms with Crippen LogP contribution in [-0.4, -0.2) is 43.7 Å². The highest BCUT2D eigenvalue weighted by Gasteiger charge is 2.18. The maximum atomic E-state index is 14.3. The van der Waals surface area contributed by atoms with Gasteiger partial charge in [0, 0.05) is 32.2 Å². The van der Waals surface area contributed by atoms with E-state index in [1.165, 1.54) is 0 Å². The van der Waals surface area contributed by atoms with E-state index in [1.54, 1.807) is 6.07 Å². The Balaban J connectivity index is 2.03. The first-order valence-electron chi connectivity index (χ1n) is 7.65. The quantitative estimate of drug-likeness (QED) is 0.897. The van der Waals surface area contributed by atoms with Gasteiger partial charge in [-0.2, -0.15) is 0 Å². The Bertz CT molecular complexity index is 428. The van der Waals surface area contributed by atoms with Gasteiger partial charge in [0.05, 0.1) is 5.69 Å². The fraction of sp³-hybridized carbons (Fsp3) is 0.625. The van der Waals surface area contributed by atoms with Crippen LogP contribution in [0, 0.1) is 5.82 Å². The van der Waals surface area contributed by atoms with Gasteiger partial charge in [0.2, 0.25) is 0 Å². The molecule has 0 radical (unpaired) electrons. The minimum atomic E-state index is -0.115. The summed E-state index contributed by atoms with van der Waals surface area (Å²) in [6, 6.07) is 5.69. The predicted molar refractivity (Wildman–Crippen MR) is 82.7 cm³/mol. The molecule has 1 atom stereocenters. The molecule has 0 amide bonds. The zero-order valence-electron chi connectivity index (χ0n) is 12.6. The van der Waals surface area contributed by atoms with Crippen molar-refractivity contribution in [1.82, 2.24) is 4.90 Å². The summed E-state index contributed by atoms with van der Waals surface area (Å²) in [6.07, 6.45) is 1.67. The van der Waals surface area contributed by atoms with Gasteiger partial charge in [-0.15, -0.1) is 0 Å². The van der Waals surface area contributed by atoms with Crippen molar-refractivity contribution in [2.75, 3.05) is 37.6 Å². The number of likely N-dealkylation sites (N-methyl/N-ethyl adjacent to an activating group) is 1. The van der Waals surface area contributed by atoms with Crippen LogP contribution >= 0.6 is 0 Å². The van der Waals surface area contributed by atoms with Crippen molar-refractivity contribution in [2.45, 2.75) is 32.7 Å². The van der Waals surface area contributed by atoms with Crippen molar-refractivity contribution in [3.8, 4) is 0 Å². The number of rotatable bonds is 5. The molecule has 1 saturated heterocycles. The van der Waals surface area contributed by atoms with Crippen molar-refractivity contribution in [1.29, 1.82) is 0 Å². The molecule has 1 unspecified atom stereocenters. The van der Waals surface area contributed by atoms with Crippen molar-refractivity contribution in [3.63, 3.8) is 0 Å². The SMILES string of the molecule is CCC(N)Cc1ccc(N2CCN(CC)CC2)c(F)c1. The Morgan fingerprint density at radius 3 is 2.45 bits per heavy atom. The van der Waals surface area contributed by atoms with Crippen LogP contribution in [0.25, 0.3) is 0 Å². The number of piperazine rings is 1. The highest BCUT2D eigenvalue weighted by atomic mass is 19.1. The Morgan fingerprint density at radius 2 is 1.90 bits per heavy atom. The van der Waals surface area contributed by atoms with Gasteiger partial charge in [-0.25, -0.2) is 4.39 Å². The molecule has 0 aliphatic carbocycles. The van der Waals surface area contributed by atoms with Gasteiger partial charge in [0.15, 0.2) is 0 Å². The first kappa shape index (κ1) is 15.3. The van der Waals surface area contributed by atoms with Gasteiger partial charge < -0.3 is 15.5 Å². The summed E-state index contributed by atoms with van der Waals surface area (Å²) < 4.78 is 14.3. The van der Waals surface area contributed by atoms with Gasteiger partial charge in [-0.05, 0) is 37.1 Å². The minimum absolute atomic E-state index is 0.115. The van der Waals surface area contributed by atoms with E-state index in [-0.39, 0.29) is 11.9 Å². The van der Waals surface area contributed by atoms with E-state index in [4.69, 9.17) is 5.73 Å². The van der Waals surface area contributed by atoms with Crippen LogP contribution in [-0.2, 0) is 6.42 Å². The van der Waals surface area contributed by atoms with Gasteiger partial charge >= 0.3 is 0 Å². The van der Waals surface area contributed by atoms with Crippen LogP contribution in [0.15, 0.2) is 18.2 Å². The molecule has 1 aromatic carbocycles. The van der Waals surface area contributed by atoms with E-state index in [2.05, 4.69) is 23.6 Å². The highest BCUT2D eigenvalue weighted by molar-refractivity contribution is 5.49. The minimum Gasteiger partial charge on any atom is -0.367 e. The second-order valence-corrected chi connectivity index (χ2v) is 5.58. The molecule has 0 aromatic heterocycles. The number of anilines is 1. The van der Waals surface area contributed by atoms with Crippen LogP contribution in [0.4, 0.5) is 10.1 Å². The van der Waals surface area contributed by atoms with Gasteiger partial charge in [-0.1, -0.05) is 19.9 Å². The molecule has 0 bridgehead atoms. The number of nitrogens with zero attached hydrogens (tertiary/aromatic N) is 2. The molecule has 3 nitrogen and oxygen atoms in total. The lowest BCUT2D eigenvalue weighted by molar-refractivity contribution is 0.270. The van der Waals surface area contributed by atoms with E-state index >= 15 is 0 Å². The van der Waals surface area contributed by atoms with Crippen LogP contribution in [0.1, 0.15) is 25.8 Å². The van der Waals surface area contributed by atoms with Gasteiger partial charge in [-0.3, -0.25) is 0 Å². The molecule has 1 aromatic rings. The third-order valence-electron chi connectivity index (χ3n) is 4.19. The lowest BCUT2D eigenvalue weighted by Gasteiger charge is -2.35. The molecule has 1 aliphatic heterocycles. The van der Waals surface area contributed by atoms with E-state index in [9.17, 15) is 4.39 Å². The standard InChI is InChI=1S/C16H26FN3/c1-3-14(18)11-13-5-6-16(15(17)12-13)20-9-7-19(4-2)8-10-20/h5-6,12,14H,3-4,7-11,18H2,1-2H3. The summed E-state index contributed by atoms with van der Waals surface area (Å²) in [6.45, 7) is 9.13. The Kier molecular flexibility index (Phi) is 5.38. The molecule has 20 heavy (non-hydrogen) atoms. The van der Waals surface area contributed by atoms with Crippen LogP contribution in [0.2, 0.25) is 0 Å². The second kappa shape index (κ2) is 7.04. The third kappa shape index (κ3) is 3.70. The molecular weight excluding hydrogens is 253 g/mol. The molecule has 112 valence electrons. The molecule has 0 spiro atoms. The molecule has 1 fully saturated rings. The van der Waals surface area contributed by atoms with Gasteiger partial charge in [0.1, 0.15) is 5.82 Å². The van der Waals surface area contributed by atoms with E-state index in [0.29, 0.717) is 0 Å². The fourth-order valence-electron chi connectivity index (χ4n) is 2.69. The summed E-state index contributed by atoms with van der Waals surface area (Å²) in [5.41, 5.74) is 7.65. The lowest BCUT2D eigenvalue weighted by Crippen LogP contribution is -2.46. The van der Waals surface area contributed by atoms with Gasteiger partial charge in [0.25, 0.3) is 0 Å². The summed E-state index contributed by atoms with van der Waals surface area (Å²) >= 11 is 0. The number of hydrogen-bond donors (Lipinski definition) is 1. The topological polar surface area (TPSA) is 32.5 Å². The summed E-state index contributed by atoms with van der Waals surface area (Å²) in [5.74, 6) is -0.115. The smallest absolute Gasteiger partial charge is 0.146 e. The lowest BCUT2D eigenvalue weighted by atomic mass is 10.0. The van der Waals surface area contributed by atoms with Crippen LogP contribution in [0.5, 0.6) is 0 Å². The molecule has 2 N–H and O–H groups in total. The number of hydrogen-bond acceptors (Lipinski definition) is 3. The first-order valence-corrected chi connectivity index (χ1v) is 7.65. The monoisotopic (exact) mass is 279 g/mol. The number of halogens is 1. The average Bonchev–Trinajstić information content (AvgIpc) is 2.47. The average molecular weight is 279 g/mol. The van der Waals surface area contributed by atoms with Crippen molar-refractivity contribution < 1.29 is 4.39 Å². The molecule has 0 saturated carbocycles. The normalized spacial score (nSPS) is 18.3. The molecule has 1 aliphatic rings. The number of benzene rings is 1. The number of nitrogens with two attached hydrogens (primary N) is 1. The zero-order valence-corrected chi connectivity index (χ0v) is 12.6. The molecular formula is C16H26FN3. The summed E-state index contributed by atoms with van der Waals surface area (Å²) in [7, 11) is 0. The molecule has 4 heteroatoms. The summed E-state index contributed by atoms with van der Waals surface area (Å²) in [5, 5.41) is 0. The van der Waals surface area contributed by atoms with Crippen molar-refractivity contribution >= 4 is 5.69 Å². The van der Waals surface area contributed by atoms with Crippen LogP contribution in [0.3, 0.4) is 0 Å². The third-order valence-corrected chi connectivity index (χ3v) is 4.19. The largest absolute Gasteiger partial charge is 0.367 e. The van der Waals surface area contributed by atoms with Crippen molar-refractivity contribution in [3.05, 3.63) is 29.6 Å². The second-order valence-electron chi connectivity index (χ2n) is 5.58. The van der Waals surface area contributed by atoms with E-state index < -0.39 is 0 Å². The summed E-state index contributed by atoms with van der Waals surface area (Å²) in [4.78, 5) is 4.54. The first-order chi connectivity index (χ1) is 9.63.